The van der Waals surface area contributed by atoms with E-state index in [4.69, 9.17) is 0 Å². The van der Waals surface area contributed by atoms with E-state index in [0.717, 1.165) is 11.8 Å². The summed E-state index contributed by atoms with van der Waals surface area (Å²) in [6, 6.07) is 50.9. The number of benzene rings is 6. The van der Waals surface area contributed by atoms with Crippen molar-refractivity contribution in [2.24, 2.45) is 29.1 Å². The van der Waals surface area contributed by atoms with E-state index in [1.165, 1.54) is 124 Å². The van der Waals surface area contributed by atoms with Crippen molar-refractivity contribution in [3.63, 3.8) is 0 Å². The average Bonchev–Trinajstić information content (AvgIpc) is 3.91. The zero-order valence-electron chi connectivity index (χ0n) is 39.0. The van der Waals surface area contributed by atoms with Crippen LogP contribution in [0.1, 0.15) is 140 Å². The Morgan fingerprint density at radius 3 is 1.56 bits per heavy atom. The molecule has 6 unspecified atom stereocenters. The molecule has 6 aromatic rings. The van der Waals surface area contributed by atoms with Crippen LogP contribution in [0.3, 0.4) is 0 Å². The molecule has 2 bridgehead atoms. The minimum Gasteiger partial charge on any atom is -0.309 e. The quantitative estimate of drug-likeness (QED) is 0.167. The SMILES string of the molecule is CC1(C)CCC(C)(C)c2cc(N(c3ccc4c(c3)C(C)(C)CCC4(C)C)c3c(-c4ccccc4)cc4c(c3-c3ccccc3)C3(c5ccccc5-4)C4CC5CC6CC3C64C5)ccc21. The Hall–Kier alpha value is -4.88. The minimum absolute atomic E-state index is 0.0299. The van der Waals surface area contributed by atoms with Gasteiger partial charge in [-0.2, -0.15) is 0 Å². The van der Waals surface area contributed by atoms with Crippen molar-refractivity contribution in [3.05, 3.63) is 161 Å². The van der Waals surface area contributed by atoms with Crippen molar-refractivity contribution in [1.82, 2.24) is 0 Å². The predicted molar refractivity (Wildman–Crippen MR) is 264 cm³/mol. The lowest BCUT2D eigenvalue weighted by atomic mass is 9.26. The topological polar surface area (TPSA) is 3.24 Å². The zero-order chi connectivity index (χ0) is 43.1. The normalized spacial score (nSPS) is 29.7. The van der Waals surface area contributed by atoms with Crippen LogP contribution in [0, 0.1) is 29.1 Å². The fraction of sp³-hybridized carbons (Fsp3) is 0.419. The Morgan fingerprint density at radius 1 is 0.444 bits per heavy atom. The highest BCUT2D eigenvalue weighted by molar-refractivity contribution is 6.05. The van der Waals surface area contributed by atoms with Crippen molar-refractivity contribution in [3.8, 4) is 33.4 Å². The number of fused-ring (bicyclic) bond motifs is 10. The summed E-state index contributed by atoms with van der Waals surface area (Å²) in [5.41, 5.74) is 22.6. The van der Waals surface area contributed by atoms with E-state index in [9.17, 15) is 0 Å². The molecule has 13 rings (SSSR count). The van der Waals surface area contributed by atoms with E-state index in [-0.39, 0.29) is 27.1 Å². The van der Waals surface area contributed by atoms with Gasteiger partial charge in [0.25, 0.3) is 0 Å². The van der Waals surface area contributed by atoms with Gasteiger partial charge in [0.1, 0.15) is 0 Å². The van der Waals surface area contributed by atoms with Gasteiger partial charge in [0.2, 0.25) is 0 Å². The van der Waals surface area contributed by atoms with Crippen LogP contribution in [-0.4, -0.2) is 0 Å². The number of hydrogen-bond donors (Lipinski definition) is 0. The lowest BCUT2D eigenvalue weighted by Gasteiger charge is -2.76. The summed E-state index contributed by atoms with van der Waals surface area (Å²) in [7, 11) is 0. The van der Waals surface area contributed by atoms with Gasteiger partial charge in [-0.15, -0.1) is 0 Å². The Balaban J connectivity index is 1.18. The number of anilines is 3. The molecular formula is C62H65N. The molecule has 1 nitrogen and oxygen atoms in total. The summed E-state index contributed by atoms with van der Waals surface area (Å²) in [5.74, 6) is 3.24. The van der Waals surface area contributed by atoms with E-state index in [1.54, 1.807) is 11.1 Å². The van der Waals surface area contributed by atoms with Crippen molar-refractivity contribution >= 4 is 17.1 Å². The molecule has 7 aliphatic carbocycles. The van der Waals surface area contributed by atoms with Crippen LogP contribution in [0.2, 0.25) is 0 Å². The van der Waals surface area contributed by atoms with Gasteiger partial charge in [0, 0.05) is 27.9 Å². The first-order valence-electron chi connectivity index (χ1n) is 24.7. The molecule has 0 amide bonds. The summed E-state index contributed by atoms with van der Waals surface area (Å²) in [5, 5.41) is 0. The highest BCUT2D eigenvalue weighted by Crippen LogP contribution is 2.90. The van der Waals surface area contributed by atoms with Gasteiger partial charge in [0.05, 0.1) is 5.69 Å². The van der Waals surface area contributed by atoms with Crippen LogP contribution < -0.4 is 4.90 Å². The minimum atomic E-state index is 0.0299. The van der Waals surface area contributed by atoms with Gasteiger partial charge in [-0.25, -0.2) is 0 Å². The Morgan fingerprint density at radius 2 is 0.968 bits per heavy atom. The largest absolute Gasteiger partial charge is 0.309 e. The van der Waals surface area contributed by atoms with Crippen molar-refractivity contribution < 1.29 is 0 Å². The van der Waals surface area contributed by atoms with E-state index in [2.05, 4.69) is 188 Å². The van der Waals surface area contributed by atoms with Gasteiger partial charge in [-0.05, 0) is 188 Å². The molecule has 0 N–H and O–H groups in total. The number of rotatable bonds is 5. The second-order valence-corrected chi connectivity index (χ2v) is 24.2. The van der Waals surface area contributed by atoms with Crippen LogP contribution in [0.5, 0.6) is 0 Å². The molecular weight excluding hydrogens is 759 g/mol. The lowest BCUT2D eigenvalue weighted by molar-refractivity contribution is -0.231. The summed E-state index contributed by atoms with van der Waals surface area (Å²) in [6.07, 6.45) is 10.5. The van der Waals surface area contributed by atoms with Crippen molar-refractivity contribution in [2.75, 3.05) is 4.90 Å². The van der Waals surface area contributed by atoms with Crippen LogP contribution in [0.4, 0.5) is 17.1 Å². The molecule has 2 spiro atoms. The molecule has 63 heavy (non-hydrogen) atoms. The fourth-order valence-electron chi connectivity index (χ4n) is 16.3. The molecule has 0 aromatic heterocycles. The van der Waals surface area contributed by atoms with E-state index in [1.807, 2.05) is 0 Å². The van der Waals surface area contributed by atoms with Gasteiger partial charge >= 0.3 is 0 Å². The first-order chi connectivity index (χ1) is 30.2. The van der Waals surface area contributed by atoms with Crippen LogP contribution in [0.25, 0.3) is 33.4 Å². The third-order valence-electron chi connectivity index (χ3n) is 19.4. The van der Waals surface area contributed by atoms with E-state index < -0.39 is 0 Å². The van der Waals surface area contributed by atoms with Crippen molar-refractivity contribution in [2.45, 2.75) is 134 Å². The Kier molecular flexibility index (Phi) is 7.63. The first kappa shape index (κ1) is 38.6. The third-order valence-corrected chi connectivity index (χ3v) is 19.4. The molecule has 7 aliphatic rings. The average molecular weight is 824 g/mol. The Labute approximate surface area is 377 Å². The molecule has 0 aliphatic heterocycles. The standard InChI is InChI=1S/C62H65N/c1-57(2)27-29-59(5,6)50-34-42(23-25-48(50)57)63(43-24-26-49-51(35-43)60(7,8)30-28-58(49,3)4)56-45(39-17-11-9-12-18-39)36-46-44-21-15-16-22-47(44)62(55(46)54(56)40-19-13-10-14-20-40)52-32-38-31-41-33-53(62)61(41,52)37-38/h9-26,34-36,38,41,52-53H,27-33,37H2,1-8H3. The molecule has 4 saturated carbocycles. The monoisotopic (exact) mass is 824 g/mol. The molecule has 0 saturated heterocycles. The van der Waals surface area contributed by atoms with Crippen LogP contribution >= 0.6 is 0 Å². The molecule has 6 aromatic carbocycles. The van der Waals surface area contributed by atoms with Crippen LogP contribution in [0.15, 0.2) is 127 Å². The molecule has 6 atom stereocenters. The zero-order valence-corrected chi connectivity index (χ0v) is 39.0. The van der Waals surface area contributed by atoms with E-state index in [0.29, 0.717) is 17.3 Å². The first-order valence-corrected chi connectivity index (χ1v) is 24.7. The smallest absolute Gasteiger partial charge is 0.0621 e. The molecule has 1 heteroatoms. The molecule has 318 valence electrons. The Bertz CT molecular complexity index is 2810. The highest BCUT2D eigenvalue weighted by Gasteiger charge is 2.85. The third kappa shape index (κ3) is 4.85. The molecule has 4 fully saturated rings. The molecule has 0 heterocycles. The van der Waals surface area contributed by atoms with E-state index >= 15 is 0 Å². The number of nitrogens with zero attached hydrogens (tertiary/aromatic N) is 1. The summed E-state index contributed by atoms with van der Waals surface area (Å²) in [6.45, 7) is 19.8. The predicted octanol–water partition coefficient (Wildman–Crippen LogP) is 16.5. The summed E-state index contributed by atoms with van der Waals surface area (Å²) in [4.78, 5) is 2.77. The van der Waals surface area contributed by atoms with Gasteiger partial charge in [0.15, 0.2) is 0 Å². The summed E-state index contributed by atoms with van der Waals surface area (Å²) >= 11 is 0. The second-order valence-electron chi connectivity index (χ2n) is 24.2. The molecule has 0 radical (unpaired) electrons. The lowest BCUT2D eigenvalue weighted by Crippen LogP contribution is -2.73. The van der Waals surface area contributed by atoms with Crippen molar-refractivity contribution in [1.29, 1.82) is 0 Å². The van der Waals surface area contributed by atoms with Gasteiger partial charge < -0.3 is 4.90 Å². The highest BCUT2D eigenvalue weighted by atomic mass is 15.1. The second kappa shape index (κ2) is 12.5. The van der Waals surface area contributed by atoms with Gasteiger partial charge in [-0.1, -0.05) is 152 Å². The summed E-state index contributed by atoms with van der Waals surface area (Å²) < 4.78 is 0. The maximum absolute atomic E-state index is 2.77. The van der Waals surface area contributed by atoms with Gasteiger partial charge in [-0.3, -0.25) is 0 Å². The fourth-order valence-corrected chi connectivity index (χ4v) is 16.3. The maximum atomic E-state index is 2.77. The number of hydrogen-bond acceptors (Lipinski definition) is 1. The van der Waals surface area contributed by atoms with Crippen LogP contribution in [-0.2, 0) is 27.1 Å². The maximum Gasteiger partial charge on any atom is 0.0621 e.